The zero-order valence-electron chi connectivity index (χ0n) is 20.1. The Labute approximate surface area is 200 Å². The monoisotopic (exact) mass is 454 g/mol. The van der Waals surface area contributed by atoms with E-state index in [0.29, 0.717) is 23.3 Å². The molecule has 5 heteroatoms. The van der Waals surface area contributed by atoms with Gasteiger partial charge in [0.1, 0.15) is 17.8 Å². The van der Waals surface area contributed by atoms with Gasteiger partial charge in [-0.15, -0.1) is 0 Å². The molecule has 0 aliphatic heterocycles. The Bertz CT molecular complexity index is 1290. The van der Waals surface area contributed by atoms with Crippen LogP contribution < -0.4 is 14.2 Å². The van der Waals surface area contributed by atoms with Gasteiger partial charge >= 0.3 is 0 Å². The van der Waals surface area contributed by atoms with Crippen molar-refractivity contribution in [3.05, 3.63) is 84.3 Å². The van der Waals surface area contributed by atoms with Crippen molar-refractivity contribution in [1.82, 2.24) is 9.97 Å². The Morgan fingerprint density at radius 2 is 1.56 bits per heavy atom. The Kier molecular flexibility index (Phi) is 5.86. The van der Waals surface area contributed by atoms with Gasteiger partial charge in [-0.2, -0.15) is 0 Å². The molecule has 5 nitrogen and oxygen atoms in total. The molecule has 0 spiro atoms. The molecule has 174 valence electrons. The third kappa shape index (κ3) is 3.96. The fourth-order valence-corrected chi connectivity index (χ4v) is 5.15. The third-order valence-corrected chi connectivity index (χ3v) is 6.77. The van der Waals surface area contributed by atoms with Crippen LogP contribution in [0.3, 0.4) is 0 Å². The fourth-order valence-electron chi connectivity index (χ4n) is 5.15. The molecule has 1 fully saturated rings. The lowest BCUT2D eigenvalue weighted by Gasteiger charge is -2.21. The zero-order chi connectivity index (χ0) is 23.7. The number of benzene rings is 3. The second-order valence-corrected chi connectivity index (χ2v) is 9.39. The van der Waals surface area contributed by atoms with E-state index in [0.717, 1.165) is 40.9 Å². The van der Waals surface area contributed by atoms with Crippen LogP contribution in [0.15, 0.2) is 73.1 Å². The number of hydrogen-bond donors (Lipinski definition) is 0. The largest absolute Gasteiger partial charge is 0.493 e. The standard InChI is InChI=1S/C29H30N2O3/c1-19(2)14-21-17-29(21,20-10-12-23(13-11-20)34-22-8-6-5-7-9-22)28-24-15-26(32-3)27(33-4)16-25(24)30-18-31-28/h5-13,15-16,18-19,21H,14,17H2,1-4H3. The molecule has 3 aromatic carbocycles. The molecular weight excluding hydrogens is 424 g/mol. The molecular formula is C29H30N2O3. The number of para-hydroxylation sites is 1. The molecule has 0 amide bonds. The van der Waals surface area contributed by atoms with Gasteiger partial charge in [0.05, 0.1) is 25.4 Å². The number of rotatable bonds is 8. The van der Waals surface area contributed by atoms with E-state index in [2.05, 4.69) is 43.1 Å². The van der Waals surface area contributed by atoms with E-state index < -0.39 is 0 Å². The molecule has 1 aliphatic carbocycles. The van der Waals surface area contributed by atoms with Gasteiger partial charge in [-0.1, -0.05) is 44.2 Å². The maximum Gasteiger partial charge on any atom is 0.162 e. The van der Waals surface area contributed by atoms with E-state index in [4.69, 9.17) is 19.2 Å². The summed E-state index contributed by atoms with van der Waals surface area (Å²) in [4.78, 5) is 9.40. The molecule has 0 N–H and O–H groups in total. The van der Waals surface area contributed by atoms with Crippen LogP contribution >= 0.6 is 0 Å². The number of aromatic nitrogens is 2. The zero-order valence-corrected chi connectivity index (χ0v) is 20.1. The predicted molar refractivity (Wildman–Crippen MR) is 134 cm³/mol. The van der Waals surface area contributed by atoms with Crippen LogP contribution in [0.5, 0.6) is 23.0 Å². The molecule has 1 aromatic heterocycles. The highest BCUT2D eigenvalue weighted by molar-refractivity contribution is 5.86. The van der Waals surface area contributed by atoms with E-state index in [1.807, 2.05) is 42.5 Å². The normalized spacial score (nSPS) is 19.3. The topological polar surface area (TPSA) is 53.5 Å². The number of hydrogen-bond acceptors (Lipinski definition) is 5. The number of fused-ring (bicyclic) bond motifs is 1. The smallest absolute Gasteiger partial charge is 0.162 e. The summed E-state index contributed by atoms with van der Waals surface area (Å²) >= 11 is 0. The quantitative estimate of drug-likeness (QED) is 0.293. The molecule has 0 saturated heterocycles. The summed E-state index contributed by atoms with van der Waals surface area (Å²) in [5.74, 6) is 4.14. The van der Waals surface area contributed by atoms with Gasteiger partial charge in [0.25, 0.3) is 0 Å². The third-order valence-electron chi connectivity index (χ3n) is 6.77. The Morgan fingerprint density at radius 3 is 2.24 bits per heavy atom. The van der Waals surface area contributed by atoms with E-state index in [-0.39, 0.29) is 5.41 Å². The minimum atomic E-state index is -0.156. The van der Waals surface area contributed by atoms with Crippen molar-refractivity contribution in [3.63, 3.8) is 0 Å². The highest BCUT2D eigenvalue weighted by Crippen LogP contribution is 2.62. The first-order valence-electron chi connectivity index (χ1n) is 11.8. The van der Waals surface area contributed by atoms with E-state index in [1.165, 1.54) is 5.56 Å². The highest BCUT2D eigenvalue weighted by Gasteiger charge is 2.58. The SMILES string of the molecule is COc1cc2ncnc(C3(c4ccc(Oc5ccccc5)cc4)CC3CC(C)C)c2cc1OC. The average Bonchev–Trinajstić information content (AvgIpc) is 3.57. The highest BCUT2D eigenvalue weighted by atomic mass is 16.5. The first-order valence-corrected chi connectivity index (χ1v) is 11.8. The molecule has 0 radical (unpaired) electrons. The predicted octanol–water partition coefficient (Wildman–Crippen LogP) is 6.79. The van der Waals surface area contributed by atoms with E-state index in [9.17, 15) is 0 Å². The van der Waals surface area contributed by atoms with Crippen LogP contribution in [-0.2, 0) is 5.41 Å². The minimum absolute atomic E-state index is 0.156. The van der Waals surface area contributed by atoms with Gasteiger partial charge < -0.3 is 14.2 Å². The van der Waals surface area contributed by atoms with Crippen LogP contribution in [0.25, 0.3) is 10.9 Å². The molecule has 0 bridgehead atoms. The van der Waals surface area contributed by atoms with Gasteiger partial charge in [-0.3, -0.25) is 0 Å². The summed E-state index contributed by atoms with van der Waals surface area (Å²) in [7, 11) is 3.30. The van der Waals surface area contributed by atoms with Crippen molar-refractivity contribution in [3.8, 4) is 23.0 Å². The lowest BCUT2D eigenvalue weighted by molar-refractivity contribution is 0.355. The van der Waals surface area contributed by atoms with Gasteiger partial charge in [-0.05, 0) is 60.6 Å². The maximum atomic E-state index is 6.03. The molecule has 1 saturated carbocycles. The summed E-state index contributed by atoms with van der Waals surface area (Å²) in [6.45, 7) is 4.57. The first-order chi connectivity index (χ1) is 16.5. The van der Waals surface area contributed by atoms with Crippen molar-refractivity contribution in [2.24, 2.45) is 11.8 Å². The van der Waals surface area contributed by atoms with Crippen molar-refractivity contribution in [2.45, 2.75) is 32.1 Å². The summed E-state index contributed by atoms with van der Waals surface area (Å²) in [6, 6.07) is 22.3. The fraction of sp³-hybridized carbons (Fsp3) is 0.310. The summed E-state index contributed by atoms with van der Waals surface area (Å²) in [5, 5.41) is 1.01. The van der Waals surface area contributed by atoms with Crippen molar-refractivity contribution < 1.29 is 14.2 Å². The second kappa shape index (κ2) is 8.98. The molecule has 4 aromatic rings. The Hall–Kier alpha value is -3.60. The Balaban J connectivity index is 1.58. The van der Waals surface area contributed by atoms with Crippen LogP contribution in [-0.4, -0.2) is 24.2 Å². The van der Waals surface area contributed by atoms with Crippen molar-refractivity contribution >= 4 is 10.9 Å². The Morgan fingerprint density at radius 1 is 0.882 bits per heavy atom. The van der Waals surface area contributed by atoms with Gasteiger partial charge in [0, 0.05) is 16.9 Å². The van der Waals surface area contributed by atoms with Crippen molar-refractivity contribution in [1.29, 1.82) is 0 Å². The number of ether oxygens (including phenoxy) is 3. The van der Waals surface area contributed by atoms with Crippen LogP contribution in [0, 0.1) is 11.8 Å². The van der Waals surface area contributed by atoms with Crippen LogP contribution in [0.4, 0.5) is 0 Å². The maximum absolute atomic E-state index is 6.03. The molecule has 2 unspecified atom stereocenters. The van der Waals surface area contributed by atoms with Gasteiger partial charge in [-0.25, -0.2) is 9.97 Å². The second-order valence-electron chi connectivity index (χ2n) is 9.39. The molecule has 5 rings (SSSR count). The minimum Gasteiger partial charge on any atom is -0.493 e. The number of nitrogens with zero attached hydrogens (tertiary/aromatic N) is 2. The van der Waals surface area contributed by atoms with E-state index in [1.54, 1.807) is 20.5 Å². The lowest BCUT2D eigenvalue weighted by Crippen LogP contribution is -2.16. The van der Waals surface area contributed by atoms with Crippen molar-refractivity contribution in [2.75, 3.05) is 14.2 Å². The van der Waals surface area contributed by atoms with Crippen LogP contribution in [0.1, 0.15) is 37.9 Å². The van der Waals surface area contributed by atoms with Gasteiger partial charge in [0.2, 0.25) is 0 Å². The molecule has 1 heterocycles. The molecule has 2 atom stereocenters. The van der Waals surface area contributed by atoms with E-state index >= 15 is 0 Å². The molecule has 34 heavy (non-hydrogen) atoms. The van der Waals surface area contributed by atoms with Gasteiger partial charge in [0.15, 0.2) is 11.5 Å². The summed E-state index contributed by atoms with van der Waals surface area (Å²) in [5.41, 5.74) is 3.02. The first kappa shape index (κ1) is 22.2. The average molecular weight is 455 g/mol. The summed E-state index contributed by atoms with van der Waals surface area (Å²) in [6.07, 6.45) is 3.87. The lowest BCUT2D eigenvalue weighted by atomic mass is 9.85. The summed E-state index contributed by atoms with van der Waals surface area (Å²) < 4.78 is 17.1. The van der Waals surface area contributed by atoms with Crippen LogP contribution in [0.2, 0.25) is 0 Å². The molecule has 1 aliphatic rings. The number of methoxy groups -OCH3 is 2.